The van der Waals surface area contributed by atoms with Crippen molar-refractivity contribution in [2.45, 2.75) is 13.8 Å². The van der Waals surface area contributed by atoms with Crippen LogP contribution in [0.15, 0.2) is 12.7 Å². The van der Waals surface area contributed by atoms with E-state index in [1.165, 1.54) is 0 Å². The summed E-state index contributed by atoms with van der Waals surface area (Å²) in [5.74, 6) is 5.95. The van der Waals surface area contributed by atoms with Gasteiger partial charge < -0.3 is 28.5 Å². The van der Waals surface area contributed by atoms with Gasteiger partial charge in [0, 0.05) is 0 Å². The number of hydrogen-bond donors (Lipinski definition) is 0. The first-order valence-electron chi connectivity index (χ1n) is 4.11. The van der Waals surface area contributed by atoms with Crippen molar-refractivity contribution in [2.75, 3.05) is 26.7 Å². The molecule has 0 amide bonds. The summed E-state index contributed by atoms with van der Waals surface area (Å²) in [7, 11) is 2.22. The third kappa shape index (κ3) is 5.62. The molecular formula is C10H18IN. The van der Waals surface area contributed by atoms with Crippen molar-refractivity contribution in [1.82, 2.24) is 0 Å². The molecule has 0 radical (unpaired) electrons. The summed E-state index contributed by atoms with van der Waals surface area (Å²) in [5, 5.41) is 0. The Kier molecular flexibility index (Phi) is 9.23. The Morgan fingerprint density at radius 1 is 1.33 bits per heavy atom. The maximum absolute atomic E-state index is 3.55. The van der Waals surface area contributed by atoms with E-state index < -0.39 is 0 Å². The van der Waals surface area contributed by atoms with Gasteiger partial charge >= 0.3 is 0 Å². The normalized spacial score (nSPS) is 9.25. The second-order valence-electron chi connectivity index (χ2n) is 2.94. The molecule has 2 heteroatoms. The zero-order valence-electron chi connectivity index (χ0n) is 8.23. The fourth-order valence-electron chi connectivity index (χ4n) is 0.756. The van der Waals surface area contributed by atoms with E-state index in [0.717, 1.165) is 24.1 Å². The molecule has 0 bridgehead atoms. The van der Waals surface area contributed by atoms with Gasteiger partial charge in [-0.3, -0.25) is 0 Å². The summed E-state index contributed by atoms with van der Waals surface area (Å²) >= 11 is 0. The maximum Gasteiger partial charge on any atom is 0.141 e. The van der Waals surface area contributed by atoms with Crippen LogP contribution >= 0.6 is 0 Å². The van der Waals surface area contributed by atoms with Crippen molar-refractivity contribution >= 4 is 0 Å². The van der Waals surface area contributed by atoms with Crippen LogP contribution in [0.2, 0.25) is 0 Å². The number of nitrogens with zero attached hydrogens (tertiary/aromatic N) is 1. The lowest BCUT2D eigenvalue weighted by molar-refractivity contribution is -0.899. The second kappa shape index (κ2) is 7.63. The molecule has 0 aromatic heterocycles. The van der Waals surface area contributed by atoms with Crippen LogP contribution in [0.25, 0.3) is 0 Å². The van der Waals surface area contributed by atoms with Gasteiger partial charge in [-0.25, -0.2) is 0 Å². The van der Waals surface area contributed by atoms with E-state index in [1.54, 1.807) is 6.08 Å². The molecular weight excluding hydrogens is 261 g/mol. The van der Waals surface area contributed by atoms with Crippen molar-refractivity contribution < 1.29 is 28.5 Å². The van der Waals surface area contributed by atoms with Gasteiger partial charge in [-0.2, -0.15) is 0 Å². The van der Waals surface area contributed by atoms with Gasteiger partial charge in [0.05, 0.1) is 20.1 Å². The van der Waals surface area contributed by atoms with E-state index in [-0.39, 0.29) is 24.0 Å². The summed E-state index contributed by atoms with van der Waals surface area (Å²) in [4.78, 5) is 0. The van der Waals surface area contributed by atoms with Crippen molar-refractivity contribution in [2.24, 2.45) is 0 Å². The van der Waals surface area contributed by atoms with Gasteiger partial charge in [0.1, 0.15) is 6.54 Å². The number of quaternary nitrogens is 1. The van der Waals surface area contributed by atoms with Gasteiger partial charge in [-0.15, -0.1) is 0 Å². The standard InChI is InChI=1S/C10H18N.HI/c1-5-8-9-10-11(4,6-2)7-3;/h5H,1,6-7,10H2,2-4H3;1H/q+1;/p-1. The lowest BCUT2D eigenvalue weighted by Gasteiger charge is -2.29. The third-order valence-corrected chi connectivity index (χ3v) is 2.19. The molecule has 0 unspecified atom stereocenters. The van der Waals surface area contributed by atoms with Crippen LogP contribution in [0.3, 0.4) is 0 Å². The molecule has 0 aromatic rings. The lowest BCUT2D eigenvalue weighted by atomic mass is 10.4. The molecule has 0 aliphatic carbocycles. The quantitative estimate of drug-likeness (QED) is 0.341. The van der Waals surface area contributed by atoms with Crippen LogP contribution in [-0.4, -0.2) is 31.2 Å². The Hall–Kier alpha value is -0.0100. The fourth-order valence-corrected chi connectivity index (χ4v) is 0.756. The van der Waals surface area contributed by atoms with Crippen LogP contribution < -0.4 is 24.0 Å². The van der Waals surface area contributed by atoms with E-state index >= 15 is 0 Å². The highest BCUT2D eigenvalue weighted by Crippen LogP contribution is 1.98. The Morgan fingerprint density at radius 2 is 1.83 bits per heavy atom. The molecule has 0 spiro atoms. The predicted molar refractivity (Wildman–Crippen MR) is 50.1 cm³/mol. The van der Waals surface area contributed by atoms with Gasteiger partial charge in [-0.1, -0.05) is 12.5 Å². The van der Waals surface area contributed by atoms with Crippen molar-refractivity contribution in [3.8, 4) is 11.8 Å². The first kappa shape index (κ1) is 14.5. The monoisotopic (exact) mass is 279 g/mol. The first-order valence-corrected chi connectivity index (χ1v) is 4.11. The molecule has 0 N–H and O–H groups in total. The Balaban J connectivity index is 0. The number of halogens is 1. The van der Waals surface area contributed by atoms with Crippen LogP contribution in [-0.2, 0) is 0 Å². The van der Waals surface area contributed by atoms with Gasteiger partial charge in [0.25, 0.3) is 0 Å². The minimum atomic E-state index is 0. The smallest absolute Gasteiger partial charge is 0.141 e. The number of rotatable bonds is 3. The predicted octanol–water partition coefficient (Wildman–Crippen LogP) is -1.33. The summed E-state index contributed by atoms with van der Waals surface area (Å²) in [6.45, 7) is 11.2. The van der Waals surface area contributed by atoms with Gasteiger partial charge in [-0.05, 0) is 25.8 Å². The van der Waals surface area contributed by atoms with Crippen molar-refractivity contribution in [1.29, 1.82) is 0 Å². The molecule has 12 heavy (non-hydrogen) atoms. The van der Waals surface area contributed by atoms with E-state index in [4.69, 9.17) is 0 Å². The molecule has 0 saturated carbocycles. The summed E-state index contributed by atoms with van der Waals surface area (Å²) in [6, 6.07) is 0. The van der Waals surface area contributed by atoms with Gasteiger partial charge in [0.2, 0.25) is 0 Å². The summed E-state index contributed by atoms with van der Waals surface area (Å²) in [5.41, 5.74) is 0. The molecule has 0 atom stereocenters. The van der Waals surface area contributed by atoms with Gasteiger partial charge in [0.15, 0.2) is 0 Å². The minimum Gasteiger partial charge on any atom is -1.00 e. The highest BCUT2D eigenvalue weighted by molar-refractivity contribution is 5.12. The van der Waals surface area contributed by atoms with Crippen LogP contribution in [0.1, 0.15) is 13.8 Å². The largest absolute Gasteiger partial charge is 1.00 e. The van der Waals surface area contributed by atoms with Crippen molar-refractivity contribution in [3.05, 3.63) is 12.7 Å². The third-order valence-electron chi connectivity index (χ3n) is 2.19. The highest BCUT2D eigenvalue weighted by atomic mass is 127. The van der Waals surface area contributed by atoms with E-state index in [9.17, 15) is 0 Å². The minimum absolute atomic E-state index is 0. The molecule has 0 fully saturated rings. The molecule has 0 rings (SSSR count). The molecule has 0 heterocycles. The second-order valence-corrected chi connectivity index (χ2v) is 2.94. The summed E-state index contributed by atoms with van der Waals surface area (Å²) < 4.78 is 1.03. The van der Waals surface area contributed by atoms with Crippen LogP contribution in [0.5, 0.6) is 0 Å². The Morgan fingerprint density at radius 3 is 2.17 bits per heavy atom. The van der Waals surface area contributed by atoms with Crippen LogP contribution in [0, 0.1) is 11.8 Å². The Bertz CT molecular complexity index is 172. The molecule has 70 valence electrons. The average molecular weight is 279 g/mol. The highest BCUT2D eigenvalue weighted by Gasteiger charge is 2.12. The average Bonchev–Trinajstić information content (AvgIpc) is 2.05. The zero-order valence-corrected chi connectivity index (χ0v) is 10.4. The van der Waals surface area contributed by atoms with E-state index in [1.807, 2.05) is 0 Å². The maximum atomic E-state index is 3.55. The first-order chi connectivity index (χ1) is 5.18. The molecule has 0 aromatic carbocycles. The lowest BCUT2D eigenvalue weighted by Crippen LogP contribution is -3.00. The fraction of sp³-hybridized carbons (Fsp3) is 0.600. The summed E-state index contributed by atoms with van der Waals surface area (Å²) in [6.07, 6.45) is 1.65. The number of hydrogen-bond acceptors (Lipinski definition) is 0. The zero-order chi connectivity index (χ0) is 8.74. The number of allylic oxidation sites excluding steroid dienone is 1. The van der Waals surface area contributed by atoms with E-state index in [0.29, 0.717) is 0 Å². The topological polar surface area (TPSA) is 0 Å². The van der Waals surface area contributed by atoms with Crippen LogP contribution in [0.4, 0.5) is 0 Å². The molecule has 0 saturated heterocycles. The van der Waals surface area contributed by atoms with E-state index in [2.05, 4.69) is 39.3 Å². The molecule has 1 nitrogen and oxygen atoms in total. The Labute approximate surface area is 93.4 Å². The molecule has 0 aliphatic rings. The molecule has 0 aliphatic heterocycles. The van der Waals surface area contributed by atoms with Crippen molar-refractivity contribution in [3.63, 3.8) is 0 Å². The SMILES string of the molecule is C=CC#CC[N+](C)(CC)CC.[I-].